The van der Waals surface area contributed by atoms with E-state index in [2.05, 4.69) is 0 Å². The molecule has 0 amide bonds. The zero-order valence-electron chi connectivity index (χ0n) is 11.0. The Labute approximate surface area is 107 Å². The number of nitro groups is 1. The lowest BCUT2D eigenvalue weighted by molar-refractivity contribution is -0.386. The van der Waals surface area contributed by atoms with Crippen molar-refractivity contribution in [2.24, 2.45) is 0 Å². The van der Waals surface area contributed by atoms with Crippen molar-refractivity contribution in [3.8, 4) is 0 Å². The fourth-order valence-electron chi connectivity index (χ4n) is 1.95. The molecule has 0 unspecified atom stereocenters. The van der Waals surface area contributed by atoms with Gasteiger partial charge in [-0.1, -0.05) is 45.1 Å². The number of hydrogen-bond acceptors (Lipinski definition) is 3. The van der Waals surface area contributed by atoms with Crippen LogP contribution >= 0.6 is 0 Å². The summed E-state index contributed by atoms with van der Waals surface area (Å²) in [5.41, 5.74) is 1.41. The molecule has 1 aromatic carbocycles. The zero-order valence-corrected chi connectivity index (χ0v) is 11.0. The van der Waals surface area contributed by atoms with Crippen molar-refractivity contribution in [2.45, 2.75) is 32.6 Å². The number of aliphatic hydroxyl groups is 1. The first kappa shape index (κ1) is 14.4. The Morgan fingerprint density at radius 2 is 2.06 bits per heavy atom. The minimum absolute atomic E-state index is 0.0796. The molecule has 0 aliphatic heterocycles. The van der Waals surface area contributed by atoms with Crippen molar-refractivity contribution >= 4 is 11.8 Å². The molecule has 0 saturated carbocycles. The average Bonchev–Trinajstić information content (AvgIpc) is 2.27. The van der Waals surface area contributed by atoms with E-state index >= 15 is 0 Å². The normalized spacial score (nSPS) is 12.0. The van der Waals surface area contributed by atoms with Crippen LogP contribution in [0.25, 0.3) is 6.08 Å². The first-order chi connectivity index (χ1) is 8.38. The molecule has 0 atom stereocenters. The van der Waals surface area contributed by atoms with Gasteiger partial charge in [-0.25, -0.2) is 0 Å². The van der Waals surface area contributed by atoms with E-state index in [1.165, 1.54) is 6.07 Å². The Hall–Kier alpha value is -1.68. The fraction of sp³-hybridized carbons (Fsp3) is 0.429. The number of nitrogens with zero attached hydrogens (tertiary/aromatic N) is 1. The molecule has 4 heteroatoms. The molecule has 0 radical (unpaired) electrons. The Morgan fingerprint density at radius 3 is 2.56 bits per heavy atom. The molecule has 98 valence electrons. The number of benzene rings is 1. The van der Waals surface area contributed by atoms with Gasteiger partial charge in [0.1, 0.15) is 0 Å². The molecular formula is C14H19NO3. The van der Waals surface area contributed by atoms with Gasteiger partial charge in [-0.2, -0.15) is 0 Å². The van der Waals surface area contributed by atoms with Crippen LogP contribution in [0.5, 0.6) is 0 Å². The molecule has 1 N–H and O–H groups in total. The quantitative estimate of drug-likeness (QED) is 0.657. The lowest BCUT2D eigenvalue weighted by Gasteiger charge is -2.21. The van der Waals surface area contributed by atoms with E-state index in [1.807, 2.05) is 39.0 Å². The molecule has 0 aliphatic carbocycles. The fourth-order valence-corrected chi connectivity index (χ4v) is 1.95. The van der Waals surface area contributed by atoms with Crippen molar-refractivity contribution in [1.82, 2.24) is 0 Å². The molecule has 0 fully saturated rings. The van der Waals surface area contributed by atoms with Gasteiger partial charge in [-0.3, -0.25) is 10.1 Å². The number of hydrogen-bond donors (Lipinski definition) is 1. The summed E-state index contributed by atoms with van der Waals surface area (Å²) in [4.78, 5) is 10.7. The second kappa shape index (κ2) is 5.78. The monoisotopic (exact) mass is 249 g/mol. The molecule has 0 saturated heterocycles. The highest BCUT2D eigenvalue weighted by Crippen LogP contribution is 2.34. The maximum atomic E-state index is 11.1. The molecule has 0 bridgehead atoms. The molecular weight excluding hydrogens is 230 g/mol. The first-order valence-corrected chi connectivity index (χ1v) is 5.93. The number of nitro benzene ring substituents is 1. The Balaban J connectivity index is 3.34. The predicted molar refractivity (Wildman–Crippen MR) is 72.5 cm³/mol. The summed E-state index contributed by atoms with van der Waals surface area (Å²) in [6, 6.07) is 5.08. The lowest BCUT2D eigenvalue weighted by atomic mass is 9.82. The standard InChI is InChI=1S/C14H19NO3/c1-14(2,3)13-11(7-4-5-10-16)8-6-9-12(13)15(17)18/h4,6-9,16H,5,10H2,1-3H3. The van der Waals surface area contributed by atoms with Crippen molar-refractivity contribution in [3.05, 3.63) is 45.5 Å². The second-order valence-electron chi connectivity index (χ2n) is 5.16. The topological polar surface area (TPSA) is 63.4 Å². The average molecular weight is 249 g/mol. The van der Waals surface area contributed by atoms with Crippen molar-refractivity contribution in [1.29, 1.82) is 0 Å². The van der Waals surface area contributed by atoms with Gasteiger partial charge in [0.15, 0.2) is 0 Å². The van der Waals surface area contributed by atoms with Crippen LogP contribution < -0.4 is 0 Å². The highest BCUT2D eigenvalue weighted by atomic mass is 16.6. The summed E-state index contributed by atoms with van der Waals surface area (Å²) in [5, 5.41) is 19.8. The van der Waals surface area contributed by atoms with Crippen LogP contribution in [0.3, 0.4) is 0 Å². The molecule has 1 rings (SSSR count). The maximum absolute atomic E-state index is 11.1. The molecule has 4 nitrogen and oxygen atoms in total. The van der Waals surface area contributed by atoms with Gasteiger partial charge >= 0.3 is 0 Å². The van der Waals surface area contributed by atoms with Crippen LogP contribution in [0.4, 0.5) is 5.69 Å². The van der Waals surface area contributed by atoms with E-state index < -0.39 is 0 Å². The Bertz CT molecular complexity index is 459. The van der Waals surface area contributed by atoms with Gasteiger partial charge in [0.05, 0.1) is 4.92 Å². The van der Waals surface area contributed by atoms with Gasteiger partial charge in [0.25, 0.3) is 5.69 Å². The third-order valence-corrected chi connectivity index (χ3v) is 2.61. The lowest BCUT2D eigenvalue weighted by Crippen LogP contribution is -2.15. The van der Waals surface area contributed by atoms with Crippen molar-refractivity contribution < 1.29 is 10.0 Å². The van der Waals surface area contributed by atoms with Gasteiger partial charge in [0.2, 0.25) is 0 Å². The molecule has 0 aliphatic rings. The van der Waals surface area contributed by atoms with Gasteiger partial charge in [0, 0.05) is 18.2 Å². The van der Waals surface area contributed by atoms with E-state index in [4.69, 9.17) is 5.11 Å². The highest BCUT2D eigenvalue weighted by molar-refractivity contribution is 5.62. The summed E-state index contributed by atoms with van der Waals surface area (Å²) in [5.74, 6) is 0. The van der Waals surface area contributed by atoms with Crippen LogP contribution in [-0.2, 0) is 5.41 Å². The molecule has 0 heterocycles. The molecule has 0 spiro atoms. The minimum atomic E-state index is -0.343. The Kier molecular flexibility index (Phi) is 4.62. The third kappa shape index (κ3) is 3.40. The number of rotatable bonds is 4. The van der Waals surface area contributed by atoms with Crippen molar-refractivity contribution in [3.63, 3.8) is 0 Å². The molecule has 18 heavy (non-hydrogen) atoms. The summed E-state index contributed by atoms with van der Waals surface area (Å²) < 4.78 is 0. The maximum Gasteiger partial charge on any atom is 0.273 e. The molecule has 0 aromatic heterocycles. The van der Waals surface area contributed by atoms with Crippen molar-refractivity contribution in [2.75, 3.05) is 6.61 Å². The summed E-state index contributed by atoms with van der Waals surface area (Å²) in [7, 11) is 0. The van der Waals surface area contributed by atoms with E-state index in [0.717, 1.165) is 11.1 Å². The first-order valence-electron chi connectivity index (χ1n) is 5.93. The second-order valence-corrected chi connectivity index (χ2v) is 5.16. The van der Waals surface area contributed by atoms with Crippen LogP contribution in [-0.4, -0.2) is 16.6 Å². The van der Waals surface area contributed by atoms with Gasteiger partial charge < -0.3 is 5.11 Å². The van der Waals surface area contributed by atoms with Crippen LogP contribution in [0.15, 0.2) is 24.3 Å². The zero-order chi connectivity index (χ0) is 13.8. The van der Waals surface area contributed by atoms with Gasteiger partial charge in [-0.05, 0) is 17.4 Å². The van der Waals surface area contributed by atoms with E-state index in [1.54, 1.807) is 6.07 Å². The largest absolute Gasteiger partial charge is 0.396 e. The smallest absolute Gasteiger partial charge is 0.273 e. The summed E-state index contributed by atoms with van der Waals surface area (Å²) in [6.45, 7) is 5.95. The van der Waals surface area contributed by atoms with E-state index in [0.29, 0.717) is 6.42 Å². The van der Waals surface area contributed by atoms with E-state index in [9.17, 15) is 10.1 Å². The summed E-state index contributed by atoms with van der Waals surface area (Å²) in [6.07, 6.45) is 4.21. The van der Waals surface area contributed by atoms with Crippen LogP contribution in [0, 0.1) is 10.1 Å². The molecule has 1 aromatic rings. The Morgan fingerprint density at radius 1 is 1.39 bits per heavy atom. The van der Waals surface area contributed by atoms with Crippen LogP contribution in [0.1, 0.15) is 38.3 Å². The SMILES string of the molecule is CC(C)(C)c1c(C=CCCO)cccc1[N+](=O)[O-]. The van der Waals surface area contributed by atoms with Gasteiger partial charge in [-0.15, -0.1) is 0 Å². The minimum Gasteiger partial charge on any atom is -0.396 e. The third-order valence-electron chi connectivity index (χ3n) is 2.61. The number of aliphatic hydroxyl groups excluding tert-OH is 1. The predicted octanol–water partition coefficient (Wildman–Crippen LogP) is 3.29. The summed E-state index contributed by atoms with van der Waals surface area (Å²) >= 11 is 0. The van der Waals surface area contributed by atoms with Crippen LogP contribution in [0.2, 0.25) is 0 Å². The highest BCUT2D eigenvalue weighted by Gasteiger charge is 2.26. The van der Waals surface area contributed by atoms with E-state index in [-0.39, 0.29) is 22.6 Å².